The number of ketones is 2. The molecule has 0 saturated carbocycles. The second-order valence-corrected chi connectivity index (χ2v) is 7.44. The minimum atomic E-state index is -1.26. The number of carboxylic acid groups (broad SMARTS) is 4. The summed E-state index contributed by atoms with van der Waals surface area (Å²) in [6.45, 7) is 1.85. The van der Waals surface area contributed by atoms with E-state index < -0.39 is 23.9 Å². The van der Waals surface area contributed by atoms with E-state index in [0.717, 1.165) is 0 Å². The number of nitrogens with two attached hydrogens (primary N) is 2. The molecule has 0 saturated heterocycles. The summed E-state index contributed by atoms with van der Waals surface area (Å²) in [5.41, 5.74) is 13.7. The van der Waals surface area contributed by atoms with Crippen LogP contribution in [0.2, 0.25) is 0 Å². The van der Waals surface area contributed by atoms with Gasteiger partial charge in [0.05, 0.1) is 16.7 Å². The van der Waals surface area contributed by atoms with E-state index >= 15 is 0 Å². The van der Waals surface area contributed by atoms with Crippen molar-refractivity contribution in [2.75, 3.05) is 36.8 Å². The molecular weight excluding hydrogens is 530 g/mol. The quantitative estimate of drug-likeness (QED) is 0.153. The fourth-order valence-corrected chi connectivity index (χ4v) is 3.11. The number of aromatic nitrogens is 1. The predicted molar refractivity (Wildman–Crippen MR) is 141 cm³/mol. The Bertz CT molecular complexity index is 1210. The number of nitrogens with zero attached hydrogens (tertiary/aromatic N) is 1. The van der Waals surface area contributed by atoms with E-state index in [4.69, 9.17) is 31.9 Å². The lowest BCUT2D eigenvalue weighted by Crippen LogP contribution is -2.26. The standard InChI is InChI=1S/C17H19N5O2.2C4H4O4/c18-4-7-21-12-1-2-13(22-8-5-19)15-14(12)16(23)10-3-6-20-9-11(10)17(15)24;2*5-3(6)1-2-4(7)8/h1-3,6,9,21-22H,4-5,7-8,18-19H2;2*1-2H,(H,5,6)(H,7,8)/b;2*2-1-. The summed E-state index contributed by atoms with van der Waals surface area (Å²) in [6, 6.07) is 5.13. The first-order valence-electron chi connectivity index (χ1n) is 11.3. The van der Waals surface area contributed by atoms with Crippen molar-refractivity contribution in [3.63, 3.8) is 0 Å². The Balaban J connectivity index is 0.000000412. The molecule has 10 N–H and O–H groups in total. The van der Waals surface area contributed by atoms with Gasteiger partial charge in [-0.25, -0.2) is 19.2 Å². The van der Waals surface area contributed by atoms with Crippen LogP contribution in [0.1, 0.15) is 31.8 Å². The van der Waals surface area contributed by atoms with E-state index in [1.54, 1.807) is 18.2 Å². The van der Waals surface area contributed by atoms with Crippen LogP contribution in [-0.2, 0) is 19.2 Å². The maximum atomic E-state index is 13.0. The molecule has 212 valence electrons. The highest BCUT2D eigenvalue weighted by molar-refractivity contribution is 6.31. The van der Waals surface area contributed by atoms with Crippen LogP contribution in [0.4, 0.5) is 11.4 Å². The van der Waals surface area contributed by atoms with Crippen LogP contribution in [0, 0.1) is 0 Å². The Kier molecular flexibility index (Phi) is 13.4. The topological polar surface area (TPSA) is 272 Å². The molecule has 15 heteroatoms. The summed E-state index contributed by atoms with van der Waals surface area (Å²) >= 11 is 0. The highest BCUT2D eigenvalue weighted by Gasteiger charge is 2.34. The van der Waals surface area contributed by atoms with Gasteiger partial charge in [-0.1, -0.05) is 0 Å². The zero-order valence-electron chi connectivity index (χ0n) is 20.9. The third-order valence-electron chi connectivity index (χ3n) is 4.63. The lowest BCUT2D eigenvalue weighted by Gasteiger charge is -2.23. The average molecular weight is 558 g/mol. The first kappa shape index (κ1) is 32.6. The van der Waals surface area contributed by atoms with Crippen LogP contribution in [0.15, 0.2) is 54.9 Å². The van der Waals surface area contributed by atoms with Gasteiger partial charge in [0.2, 0.25) is 0 Å². The minimum absolute atomic E-state index is 0.196. The Morgan fingerprint density at radius 1 is 0.675 bits per heavy atom. The zero-order valence-corrected chi connectivity index (χ0v) is 20.9. The van der Waals surface area contributed by atoms with Crippen molar-refractivity contribution in [2.24, 2.45) is 11.5 Å². The smallest absolute Gasteiger partial charge is 0.328 e. The summed E-state index contributed by atoms with van der Waals surface area (Å²) in [5, 5.41) is 37.5. The number of hydrogen-bond acceptors (Lipinski definition) is 11. The van der Waals surface area contributed by atoms with Gasteiger partial charge in [0.1, 0.15) is 0 Å². The Labute approximate surface area is 226 Å². The third kappa shape index (κ3) is 10.2. The number of carboxylic acids is 4. The number of aliphatic carboxylic acids is 4. The van der Waals surface area contributed by atoms with Gasteiger partial charge < -0.3 is 42.5 Å². The summed E-state index contributed by atoms with van der Waals surface area (Å²) in [5.74, 6) is -5.44. The molecule has 40 heavy (non-hydrogen) atoms. The van der Waals surface area contributed by atoms with Crippen molar-refractivity contribution < 1.29 is 49.2 Å². The molecule has 0 spiro atoms. The first-order chi connectivity index (χ1) is 18.9. The van der Waals surface area contributed by atoms with Gasteiger partial charge >= 0.3 is 23.9 Å². The van der Waals surface area contributed by atoms with E-state index in [-0.39, 0.29) is 11.6 Å². The van der Waals surface area contributed by atoms with Gasteiger partial charge in [0.25, 0.3) is 0 Å². The van der Waals surface area contributed by atoms with Gasteiger partial charge in [0, 0.05) is 79.8 Å². The zero-order chi connectivity index (χ0) is 30.2. The predicted octanol–water partition coefficient (Wildman–Crippen LogP) is 0.0218. The molecule has 2 aromatic rings. The van der Waals surface area contributed by atoms with Crippen LogP contribution in [0.3, 0.4) is 0 Å². The SMILES string of the molecule is NCCNc1ccc(NCCN)c2c1C(=O)c1ccncc1C2=O.O=C(O)/C=C\C(=O)O.O=C(O)/C=C\C(=O)O. The number of hydrogen-bond donors (Lipinski definition) is 8. The minimum Gasteiger partial charge on any atom is -0.478 e. The average Bonchev–Trinajstić information content (AvgIpc) is 2.92. The molecule has 0 atom stereocenters. The van der Waals surface area contributed by atoms with E-state index in [0.29, 0.717) is 84.1 Å². The van der Waals surface area contributed by atoms with Crippen molar-refractivity contribution in [1.29, 1.82) is 0 Å². The third-order valence-corrected chi connectivity index (χ3v) is 4.63. The number of pyridine rings is 1. The van der Waals surface area contributed by atoms with Gasteiger partial charge in [-0.15, -0.1) is 0 Å². The molecule has 1 aliphatic rings. The maximum Gasteiger partial charge on any atom is 0.328 e. The molecule has 0 bridgehead atoms. The fraction of sp³-hybridized carbons (Fsp3) is 0.160. The molecule has 3 rings (SSSR count). The Hall–Kier alpha value is -5.41. The van der Waals surface area contributed by atoms with Crippen LogP contribution < -0.4 is 22.1 Å². The second-order valence-electron chi connectivity index (χ2n) is 7.44. The molecule has 0 fully saturated rings. The highest BCUT2D eigenvalue weighted by atomic mass is 16.4. The molecule has 1 aliphatic carbocycles. The Morgan fingerprint density at radius 2 is 1.05 bits per heavy atom. The van der Waals surface area contributed by atoms with Crippen molar-refractivity contribution >= 4 is 46.8 Å². The summed E-state index contributed by atoms with van der Waals surface area (Å²) in [4.78, 5) is 68.1. The Morgan fingerprint density at radius 3 is 1.40 bits per heavy atom. The monoisotopic (exact) mass is 557 g/mol. The molecular formula is C25H27N5O10. The summed E-state index contributed by atoms with van der Waals surface area (Å²) in [6.07, 6.45) is 5.18. The second kappa shape index (κ2) is 16.4. The first-order valence-corrected chi connectivity index (χ1v) is 11.3. The highest BCUT2D eigenvalue weighted by Crippen LogP contribution is 2.36. The number of carbonyl (C=O) groups is 6. The van der Waals surface area contributed by atoms with E-state index in [1.807, 2.05) is 0 Å². The van der Waals surface area contributed by atoms with Gasteiger partial charge in [0.15, 0.2) is 11.6 Å². The van der Waals surface area contributed by atoms with Crippen LogP contribution in [0.25, 0.3) is 0 Å². The van der Waals surface area contributed by atoms with Gasteiger partial charge in [-0.3, -0.25) is 14.6 Å². The molecule has 1 heterocycles. The lowest BCUT2D eigenvalue weighted by molar-refractivity contribution is -0.134. The molecule has 1 aromatic carbocycles. The molecule has 0 amide bonds. The van der Waals surface area contributed by atoms with Crippen molar-refractivity contribution in [3.05, 3.63) is 77.2 Å². The largest absolute Gasteiger partial charge is 0.478 e. The van der Waals surface area contributed by atoms with Gasteiger partial charge in [-0.05, 0) is 18.2 Å². The molecule has 0 unspecified atom stereocenters. The number of rotatable bonds is 10. The van der Waals surface area contributed by atoms with E-state index in [2.05, 4.69) is 15.6 Å². The van der Waals surface area contributed by atoms with Gasteiger partial charge in [-0.2, -0.15) is 0 Å². The molecule has 0 aliphatic heterocycles. The fourth-order valence-electron chi connectivity index (χ4n) is 3.11. The van der Waals surface area contributed by atoms with E-state index in [9.17, 15) is 28.8 Å². The van der Waals surface area contributed by atoms with Crippen LogP contribution in [-0.4, -0.2) is 87.0 Å². The number of anilines is 2. The van der Waals surface area contributed by atoms with Crippen molar-refractivity contribution in [3.8, 4) is 0 Å². The number of nitrogens with one attached hydrogen (secondary N) is 2. The number of fused-ring (bicyclic) bond motifs is 2. The van der Waals surface area contributed by atoms with Crippen molar-refractivity contribution in [2.45, 2.75) is 0 Å². The molecule has 15 nitrogen and oxygen atoms in total. The van der Waals surface area contributed by atoms with Crippen molar-refractivity contribution in [1.82, 2.24) is 4.98 Å². The number of benzene rings is 1. The maximum absolute atomic E-state index is 13.0. The molecule has 1 aromatic heterocycles. The molecule has 0 radical (unpaired) electrons. The normalized spacial score (nSPS) is 11.3. The summed E-state index contributed by atoms with van der Waals surface area (Å²) < 4.78 is 0. The van der Waals surface area contributed by atoms with Crippen LogP contribution >= 0.6 is 0 Å². The summed E-state index contributed by atoms with van der Waals surface area (Å²) in [7, 11) is 0. The van der Waals surface area contributed by atoms with Crippen LogP contribution in [0.5, 0.6) is 0 Å². The van der Waals surface area contributed by atoms with E-state index in [1.165, 1.54) is 12.4 Å². The number of carbonyl (C=O) groups excluding carboxylic acids is 2. The lowest BCUT2D eigenvalue weighted by atomic mass is 9.83.